The van der Waals surface area contributed by atoms with Crippen LogP contribution in [0.15, 0.2) is 30.3 Å². The number of rotatable bonds is 7. The van der Waals surface area contributed by atoms with Gasteiger partial charge in [0.05, 0.1) is 18.4 Å². The SMILES string of the molecule is COc1ccc(C)cc1COC(=O)CCC(=O)c1ccc(C)s1. The van der Waals surface area contributed by atoms with E-state index in [0.717, 1.165) is 16.0 Å². The lowest BCUT2D eigenvalue weighted by Gasteiger charge is -2.10. The first-order valence-electron chi connectivity index (χ1n) is 7.38. The third-order valence-electron chi connectivity index (χ3n) is 3.40. The number of Topliss-reactive ketones (excluding diaryl/α,β-unsaturated/α-hetero) is 1. The first-order chi connectivity index (χ1) is 11.0. The summed E-state index contributed by atoms with van der Waals surface area (Å²) < 4.78 is 10.5. The summed E-state index contributed by atoms with van der Waals surface area (Å²) in [6.07, 6.45) is 0.258. The Morgan fingerprint density at radius 2 is 1.87 bits per heavy atom. The van der Waals surface area contributed by atoms with Gasteiger partial charge < -0.3 is 9.47 Å². The molecule has 0 fully saturated rings. The predicted octanol–water partition coefficient (Wildman–Crippen LogP) is 4.08. The van der Waals surface area contributed by atoms with Gasteiger partial charge in [0.1, 0.15) is 12.4 Å². The van der Waals surface area contributed by atoms with Gasteiger partial charge in [-0.25, -0.2) is 0 Å². The van der Waals surface area contributed by atoms with Crippen LogP contribution >= 0.6 is 11.3 Å². The Hall–Kier alpha value is -2.14. The number of benzene rings is 1. The fraction of sp³-hybridized carbons (Fsp3) is 0.333. The van der Waals surface area contributed by atoms with E-state index in [-0.39, 0.29) is 31.2 Å². The molecule has 0 aliphatic carbocycles. The number of carbonyl (C=O) groups excluding carboxylic acids is 2. The zero-order valence-electron chi connectivity index (χ0n) is 13.5. The van der Waals surface area contributed by atoms with E-state index >= 15 is 0 Å². The van der Waals surface area contributed by atoms with Crippen molar-refractivity contribution in [3.05, 3.63) is 51.2 Å². The summed E-state index contributed by atoms with van der Waals surface area (Å²) in [5.74, 6) is 0.289. The molecule has 0 unspecified atom stereocenters. The number of esters is 1. The van der Waals surface area contributed by atoms with Crippen molar-refractivity contribution in [1.29, 1.82) is 0 Å². The molecular weight excluding hydrogens is 312 g/mol. The molecule has 0 aliphatic rings. The molecule has 0 saturated carbocycles. The first kappa shape index (κ1) is 17.2. The van der Waals surface area contributed by atoms with Crippen molar-refractivity contribution in [2.45, 2.75) is 33.3 Å². The number of hydrogen-bond donors (Lipinski definition) is 0. The van der Waals surface area contributed by atoms with Gasteiger partial charge in [0.2, 0.25) is 0 Å². The number of carbonyl (C=O) groups is 2. The number of ether oxygens (including phenoxy) is 2. The Morgan fingerprint density at radius 1 is 1.09 bits per heavy atom. The van der Waals surface area contributed by atoms with Gasteiger partial charge in [0.15, 0.2) is 5.78 Å². The minimum absolute atomic E-state index is 0.0202. The number of methoxy groups -OCH3 is 1. The number of aryl methyl sites for hydroxylation is 2. The largest absolute Gasteiger partial charge is 0.496 e. The minimum Gasteiger partial charge on any atom is -0.496 e. The van der Waals surface area contributed by atoms with Crippen LogP contribution in [-0.4, -0.2) is 18.9 Å². The van der Waals surface area contributed by atoms with Crippen molar-refractivity contribution in [2.24, 2.45) is 0 Å². The van der Waals surface area contributed by atoms with E-state index in [1.54, 1.807) is 13.2 Å². The lowest BCUT2D eigenvalue weighted by molar-refractivity contribution is -0.144. The molecule has 2 aromatic rings. The van der Waals surface area contributed by atoms with Crippen molar-refractivity contribution in [3.63, 3.8) is 0 Å². The van der Waals surface area contributed by atoms with Crippen molar-refractivity contribution in [3.8, 4) is 5.75 Å². The zero-order chi connectivity index (χ0) is 16.8. The molecule has 23 heavy (non-hydrogen) atoms. The van der Waals surface area contributed by atoms with Crippen molar-refractivity contribution in [1.82, 2.24) is 0 Å². The Morgan fingerprint density at radius 3 is 2.52 bits per heavy atom. The van der Waals surface area contributed by atoms with Crippen molar-refractivity contribution in [2.75, 3.05) is 7.11 Å². The van der Waals surface area contributed by atoms with Crippen LogP contribution in [0.4, 0.5) is 0 Å². The fourth-order valence-corrected chi connectivity index (χ4v) is 3.01. The highest BCUT2D eigenvalue weighted by Gasteiger charge is 2.13. The number of thiophene rings is 1. The molecule has 1 heterocycles. The topological polar surface area (TPSA) is 52.6 Å². The zero-order valence-corrected chi connectivity index (χ0v) is 14.4. The highest BCUT2D eigenvalue weighted by atomic mass is 32.1. The standard InChI is InChI=1S/C18H20O4S/c1-12-4-7-16(21-3)14(10-12)11-22-18(20)9-6-15(19)17-8-5-13(2)23-17/h4-5,7-8,10H,6,9,11H2,1-3H3. The molecule has 1 aromatic heterocycles. The molecule has 4 nitrogen and oxygen atoms in total. The highest BCUT2D eigenvalue weighted by Crippen LogP contribution is 2.21. The van der Waals surface area contributed by atoms with Gasteiger partial charge in [-0.2, -0.15) is 0 Å². The third kappa shape index (κ3) is 4.93. The van der Waals surface area contributed by atoms with Crippen LogP contribution in [0.2, 0.25) is 0 Å². The quantitative estimate of drug-likeness (QED) is 0.566. The molecule has 122 valence electrons. The molecule has 2 rings (SSSR count). The summed E-state index contributed by atoms with van der Waals surface area (Å²) in [7, 11) is 1.58. The minimum atomic E-state index is -0.379. The Kier molecular flexibility index (Phi) is 5.93. The molecular formula is C18H20O4S. The summed E-state index contributed by atoms with van der Waals surface area (Å²) in [5.41, 5.74) is 1.89. The van der Waals surface area contributed by atoms with E-state index in [1.807, 2.05) is 38.1 Å². The van der Waals surface area contributed by atoms with E-state index in [9.17, 15) is 9.59 Å². The van der Waals surface area contributed by atoms with Crippen LogP contribution in [0.25, 0.3) is 0 Å². The van der Waals surface area contributed by atoms with Crippen LogP contribution in [0.5, 0.6) is 5.75 Å². The maximum Gasteiger partial charge on any atom is 0.306 e. The lowest BCUT2D eigenvalue weighted by atomic mass is 10.1. The van der Waals surface area contributed by atoms with Gasteiger partial charge in [-0.15, -0.1) is 11.3 Å². The Balaban J connectivity index is 1.83. The van der Waals surface area contributed by atoms with Crippen molar-refractivity contribution < 1.29 is 19.1 Å². The molecule has 0 radical (unpaired) electrons. The second-order valence-electron chi connectivity index (χ2n) is 5.31. The number of ketones is 1. The smallest absolute Gasteiger partial charge is 0.306 e. The van der Waals surface area contributed by atoms with Crippen LogP contribution in [0, 0.1) is 13.8 Å². The van der Waals surface area contributed by atoms with Crippen LogP contribution in [0.3, 0.4) is 0 Å². The summed E-state index contributed by atoms with van der Waals surface area (Å²) in [6, 6.07) is 9.41. The number of hydrogen-bond acceptors (Lipinski definition) is 5. The van der Waals surface area contributed by atoms with Crippen LogP contribution in [-0.2, 0) is 16.1 Å². The van der Waals surface area contributed by atoms with Gasteiger partial charge in [-0.05, 0) is 38.1 Å². The molecule has 0 N–H and O–H groups in total. The molecule has 0 saturated heterocycles. The molecule has 0 atom stereocenters. The second kappa shape index (κ2) is 7.92. The molecule has 5 heteroatoms. The normalized spacial score (nSPS) is 10.4. The monoisotopic (exact) mass is 332 g/mol. The maximum absolute atomic E-state index is 12.0. The summed E-state index contributed by atoms with van der Waals surface area (Å²) in [4.78, 5) is 25.6. The van der Waals surface area contributed by atoms with Gasteiger partial charge in [-0.3, -0.25) is 9.59 Å². The van der Waals surface area contributed by atoms with E-state index < -0.39 is 0 Å². The average molecular weight is 332 g/mol. The molecule has 0 amide bonds. The first-order valence-corrected chi connectivity index (χ1v) is 8.20. The fourth-order valence-electron chi connectivity index (χ4n) is 2.17. The van der Waals surface area contributed by atoms with Crippen molar-refractivity contribution >= 4 is 23.1 Å². The van der Waals surface area contributed by atoms with E-state index in [2.05, 4.69) is 0 Å². The lowest BCUT2D eigenvalue weighted by Crippen LogP contribution is -2.08. The van der Waals surface area contributed by atoms with E-state index in [0.29, 0.717) is 10.6 Å². The third-order valence-corrected chi connectivity index (χ3v) is 4.44. The molecule has 0 spiro atoms. The summed E-state index contributed by atoms with van der Waals surface area (Å²) >= 11 is 1.45. The second-order valence-corrected chi connectivity index (χ2v) is 6.60. The van der Waals surface area contributed by atoms with Gasteiger partial charge >= 0.3 is 5.97 Å². The maximum atomic E-state index is 12.0. The van der Waals surface area contributed by atoms with Gasteiger partial charge in [-0.1, -0.05) is 11.6 Å². The molecule has 0 bridgehead atoms. The van der Waals surface area contributed by atoms with E-state index in [1.165, 1.54) is 11.3 Å². The van der Waals surface area contributed by atoms with Crippen LogP contribution in [0.1, 0.15) is 38.5 Å². The Labute approximate surface area is 140 Å². The highest BCUT2D eigenvalue weighted by molar-refractivity contribution is 7.14. The van der Waals surface area contributed by atoms with Crippen LogP contribution < -0.4 is 4.74 Å². The van der Waals surface area contributed by atoms with Gasteiger partial charge in [0.25, 0.3) is 0 Å². The molecule has 0 aliphatic heterocycles. The van der Waals surface area contributed by atoms with Gasteiger partial charge in [0, 0.05) is 16.9 Å². The molecule has 1 aromatic carbocycles. The Bertz CT molecular complexity index is 703. The predicted molar refractivity (Wildman–Crippen MR) is 90.1 cm³/mol. The summed E-state index contributed by atoms with van der Waals surface area (Å²) in [6.45, 7) is 4.06. The average Bonchev–Trinajstić information content (AvgIpc) is 2.97. The summed E-state index contributed by atoms with van der Waals surface area (Å²) in [5, 5.41) is 0. The van der Waals surface area contributed by atoms with E-state index in [4.69, 9.17) is 9.47 Å².